The Kier molecular flexibility index (Phi) is 9.51. The first-order chi connectivity index (χ1) is 8.73. The minimum absolute atomic E-state index is 0. The van der Waals surface area contributed by atoms with Gasteiger partial charge in [0.25, 0.3) is 0 Å². The molecule has 0 rings (SSSR count). The normalized spacial score (nSPS) is 15.3. The maximum Gasteiger partial charge on any atom is 2.00 e. The van der Waals surface area contributed by atoms with Gasteiger partial charge in [-0.3, -0.25) is 21.8 Å². The summed E-state index contributed by atoms with van der Waals surface area (Å²) in [6.07, 6.45) is 0. The molecule has 0 fully saturated rings. The predicted octanol–water partition coefficient (Wildman–Crippen LogP) is 5.13. The molecule has 0 saturated heterocycles. The van der Waals surface area contributed by atoms with Gasteiger partial charge < -0.3 is 0 Å². The molecule has 0 aromatic heterocycles. The van der Waals surface area contributed by atoms with Gasteiger partial charge in [0, 0.05) is 0 Å². The Morgan fingerprint density at radius 1 is 0.364 bits per heavy atom. The van der Waals surface area contributed by atoms with Crippen LogP contribution in [0.15, 0.2) is 0 Å². The second-order valence-corrected chi connectivity index (χ2v) is 79.1. The maximum atomic E-state index is 2.89. The molecule has 0 N–H and O–H groups in total. The summed E-state index contributed by atoms with van der Waals surface area (Å²) in [5.74, 6) is 0. The second kappa shape index (κ2) is 7.89. The minimum atomic E-state index is -1.05. The molecule has 0 bridgehead atoms. The quantitative estimate of drug-likeness (QED) is 0.512. The molecule has 0 spiro atoms. The van der Waals surface area contributed by atoms with Crippen LogP contribution in [0.2, 0.25) is 91.7 Å². The summed E-state index contributed by atoms with van der Waals surface area (Å²) < 4.78 is 0. The second-order valence-electron chi connectivity index (χ2n) is 11.4. The predicted molar refractivity (Wildman–Crippen MR) is 128 cm³/mol. The molecule has 0 saturated carbocycles. The molecule has 0 radical (unpaired) electrons. The molecular weight excluding hydrogens is 389 g/mol. The van der Waals surface area contributed by atoms with E-state index in [1.807, 2.05) is 0 Å². The molecule has 0 unspecified atom stereocenters. The third kappa shape index (κ3) is 6.89. The summed E-state index contributed by atoms with van der Waals surface area (Å²) in [5, 5.41) is 0. The molecule has 0 atom stereocenters. The van der Waals surface area contributed by atoms with Crippen LogP contribution in [-0.2, 0) is 0 Å². The first-order valence-corrected chi connectivity index (χ1v) is 34.5. The van der Waals surface area contributed by atoms with E-state index < -0.39 is 37.5 Å². The Labute approximate surface area is 165 Å². The van der Waals surface area contributed by atoms with Crippen LogP contribution in [0, 0.1) is 0 Å². The molecule has 0 aromatic carbocycles. The van der Waals surface area contributed by atoms with Crippen LogP contribution in [0.25, 0.3) is 0 Å². The SMILES string of the molecule is C[Si](C)(C)[Si-]([Si](C)(C)C)[Si](C)(C)[Si-]([Si](C)(C)C)[Si](C)(C)C.[Mg+2]. The van der Waals surface area contributed by atoms with E-state index in [4.69, 9.17) is 0 Å². The third-order valence-corrected chi connectivity index (χ3v) is 128. The average Bonchev–Trinajstić information content (AvgIpc) is 1.84. The molecule has 0 nitrogen and oxygen atoms in total. The molecule has 0 amide bonds. The van der Waals surface area contributed by atoms with Crippen LogP contribution in [0.4, 0.5) is 0 Å². The monoisotopic (exact) mass is 430 g/mol. The molecular formula is C14H42MgSi7. The van der Waals surface area contributed by atoms with Crippen LogP contribution < -0.4 is 0 Å². The summed E-state index contributed by atoms with van der Waals surface area (Å²) in [5.41, 5.74) is 0. The van der Waals surface area contributed by atoms with Crippen molar-refractivity contribution >= 4 is 75.2 Å². The molecule has 128 valence electrons. The molecule has 22 heavy (non-hydrogen) atoms. The van der Waals surface area contributed by atoms with Crippen LogP contribution in [0.3, 0.4) is 0 Å². The molecule has 8 heteroatoms. The van der Waals surface area contributed by atoms with Crippen molar-refractivity contribution in [2.24, 2.45) is 0 Å². The molecule has 0 heterocycles. The summed E-state index contributed by atoms with van der Waals surface area (Å²) in [4.78, 5) is 0. The zero-order valence-corrected chi connectivity index (χ0v) is 26.6. The van der Waals surface area contributed by atoms with Gasteiger partial charge in [-0.1, -0.05) is 78.6 Å². The van der Waals surface area contributed by atoms with Gasteiger partial charge in [-0.25, -0.2) is 0 Å². The van der Waals surface area contributed by atoms with Gasteiger partial charge in [0.15, 0.2) is 0 Å². The van der Waals surface area contributed by atoms with E-state index in [2.05, 4.69) is 91.7 Å². The van der Waals surface area contributed by atoms with Gasteiger partial charge in [0.05, 0.1) is 0 Å². The fourth-order valence-corrected chi connectivity index (χ4v) is 233. The van der Waals surface area contributed by atoms with Gasteiger partial charge in [0.1, 0.15) is 0 Å². The van der Waals surface area contributed by atoms with Crippen LogP contribution in [0.1, 0.15) is 0 Å². The summed E-state index contributed by atoms with van der Waals surface area (Å²) in [6, 6.07) is 0. The van der Waals surface area contributed by atoms with Crippen molar-refractivity contribution in [2.45, 2.75) is 91.7 Å². The minimum Gasteiger partial charge on any atom is -0.285 e. The average molecular weight is 431 g/mol. The van der Waals surface area contributed by atoms with Crippen molar-refractivity contribution in [3.63, 3.8) is 0 Å². The summed E-state index contributed by atoms with van der Waals surface area (Å²) in [6.45, 7) is 38.5. The zero-order valence-electron chi connectivity index (χ0n) is 18.2. The number of hydrogen-bond acceptors (Lipinski definition) is 0. The smallest absolute Gasteiger partial charge is 0.285 e. The van der Waals surface area contributed by atoms with E-state index >= 15 is 0 Å². The van der Waals surface area contributed by atoms with Crippen molar-refractivity contribution in [1.29, 1.82) is 0 Å². The van der Waals surface area contributed by atoms with Crippen molar-refractivity contribution in [1.82, 2.24) is 0 Å². The van der Waals surface area contributed by atoms with Gasteiger partial charge in [-0.15, -0.1) is 43.5 Å². The van der Waals surface area contributed by atoms with E-state index in [-0.39, 0.29) is 37.8 Å². The van der Waals surface area contributed by atoms with Crippen molar-refractivity contribution in [2.75, 3.05) is 0 Å². The summed E-state index contributed by atoms with van der Waals surface area (Å²) >= 11 is 0. The Hall–Kier alpha value is 2.28. The van der Waals surface area contributed by atoms with Crippen LogP contribution >= 0.6 is 0 Å². The van der Waals surface area contributed by atoms with E-state index in [0.29, 0.717) is 0 Å². The van der Waals surface area contributed by atoms with Crippen molar-refractivity contribution in [3.8, 4) is 0 Å². The first kappa shape index (κ1) is 26.5. The third-order valence-electron chi connectivity index (χ3n) is 4.25. The van der Waals surface area contributed by atoms with Gasteiger partial charge >= 0.3 is 23.1 Å². The van der Waals surface area contributed by atoms with E-state index in [9.17, 15) is 0 Å². The van der Waals surface area contributed by atoms with Gasteiger partial charge in [-0.2, -0.15) is 0 Å². The fraction of sp³-hybridized carbons (Fsp3) is 1.00. The Bertz CT molecular complexity index is 293. The van der Waals surface area contributed by atoms with Crippen molar-refractivity contribution in [3.05, 3.63) is 0 Å². The maximum absolute atomic E-state index is 2.89. The Balaban J connectivity index is 0. The van der Waals surface area contributed by atoms with Crippen molar-refractivity contribution < 1.29 is 0 Å². The standard InChI is InChI=1S/C14H42Si7.Mg/c1-17(2,3)15(18(4,5)6)21(13,14)16(19(7,8)9)20(10,11)12;/h1-14H3;/q-2;+2. The summed E-state index contributed by atoms with van der Waals surface area (Å²) in [7, 11) is -5.15. The Morgan fingerprint density at radius 2 is 0.500 bits per heavy atom. The number of rotatable bonds is 6. The van der Waals surface area contributed by atoms with Gasteiger partial charge in [0.2, 0.25) is 0 Å². The van der Waals surface area contributed by atoms with E-state index in [1.54, 1.807) is 0 Å². The van der Waals surface area contributed by atoms with Crippen LogP contribution in [0.5, 0.6) is 0 Å². The van der Waals surface area contributed by atoms with E-state index in [0.717, 1.165) is 0 Å². The largest absolute Gasteiger partial charge is 2.00 e. The van der Waals surface area contributed by atoms with Crippen LogP contribution in [-0.4, -0.2) is 75.2 Å². The molecule has 0 aromatic rings. The topological polar surface area (TPSA) is 0 Å². The number of hydrogen-bond donors (Lipinski definition) is 0. The molecule has 0 aliphatic heterocycles. The fourth-order valence-electron chi connectivity index (χ4n) is 6.12. The zero-order chi connectivity index (χ0) is 17.7. The Morgan fingerprint density at radius 3 is 0.591 bits per heavy atom. The van der Waals surface area contributed by atoms with Gasteiger partial charge in [-0.05, 0) is 0 Å². The van der Waals surface area contributed by atoms with E-state index in [1.165, 1.54) is 0 Å². The molecule has 0 aliphatic rings. The molecule has 0 aliphatic carbocycles. The first-order valence-electron chi connectivity index (χ1n) is 8.50.